The maximum atomic E-state index is 12.8. The zero-order valence-corrected chi connectivity index (χ0v) is 10.2. The summed E-state index contributed by atoms with van der Waals surface area (Å²) < 4.78 is 12.8. The van der Waals surface area contributed by atoms with E-state index >= 15 is 0 Å². The number of hydrogen-bond donors (Lipinski definition) is 0. The van der Waals surface area contributed by atoms with Gasteiger partial charge in [0.05, 0.1) is 0 Å². The maximum Gasteiger partial charge on any atom is 0.123 e. The molecule has 1 aromatic carbocycles. The van der Waals surface area contributed by atoms with Gasteiger partial charge in [-0.25, -0.2) is 4.39 Å². The fourth-order valence-corrected chi connectivity index (χ4v) is 2.11. The summed E-state index contributed by atoms with van der Waals surface area (Å²) in [4.78, 5) is 7.26. The van der Waals surface area contributed by atoms with Crippen molar-refractivity contribution in [3.8, 4) is 0 Å². The normalized spacial score (nSPS) is 16.4. The highest BCUT2D eigenvalue weighted by atomic mass is 19.1. The third-order valence-corrected chi connectivity index (χ3v) is 3.14. The van der Waals surface area contributed by atoms with E-state index in [0.717, 1.165) is 38.4 Å². The Balaban J connectivity index is 1.82. The van der Waals surface area contributed by atoms with E-state index in [1.165, 1.54) is 12.1 Å². The molecular weight excluding hydrogens is 233 g/mol. The van der Waals surface area contributed by atoms with Gasteiger partial charge in [0.2, 0.25) is 0 Å². The Labute approximate surface area is 105 Å². The lowest BCUT2D eigenvalue weighted by atomic mass is 10.2. The highest BCUT2D eigenvalue weighted by molar-refractivity contribution is 5.46. The molecule has 0 unspecified atom stereocenters. The molecule has 0 bridgehead atoms. The molecule has 0 radical (unpaired) electrons. The third kappa shape index (κ3) is 3.35. The van der Waals surface area contributed by atoms with Crippen molar-refractivity contribution in [1.82, 2.24) is 4.90 Å². The van der Waals surface area contributed by atoms with Gasteiger partial charge in [-0.3, -0.25) is 4.90 Å². The molecule has 0 N–H and O–H groups in total. The van der Waals surface area contributed by atoms with Crippen molar-refractivity contribution in [3.05, 3.63) is 40.5 Å². The Morgan fingerprint density at radius 3 is 2.44 bits per heavy atom. The van der Waals surface area contributed by atoms with E-state index in [-0.39, 0.29) is 5.82 Å². The van der Waals surface area contributed by atoms with Gasteiger partial charge in [0, 0.05) is 49.9 Å². The summed E-state index contributed by atoms with van der Waals surface area (Å²) >= 11 is 0. The summed E-state index contributed by atoms with van der Waals surface area (Å²) in [6, 6.07) is 6.60. The lowest BCUT2D eigenvalue weighted by Crippen LogP contribution is -2.47. The third-order valence-electron chi connectivity index (χ3n) is 3.14. The summed E-state index contributed by atoms with van der Waals surface area (Å²) in [5.74, 6) is -0.202. The molecule has 2 rings (SSSR count). The van der Waals surface area contributed by atoms with Crippen molar-refractivity contribution in [3.63, 3.8) is 0 Å². The zero-order chi connectivity index (χ0) is 12.8. The molecule has 6 heteroatoms. The van der Waals surface area contributed by atoms with Crippen LogP contribution >= 0.6 is 0 Å². The van der Waals surface area contributed by atoms with E-state index < -0.39 is 0 Å². The van der Waals surface area contributed by atoms with Gasteiger partial charge >= 0.3 is 0 Å². The number of nitrogens with zero attached hydrogens (tertiary/aromatic N) is 5. The topological polar surface area (TPSA) is 55.2 Å². The second-order valence-corrected chi connectivity index (χ2v) is 4.26. The SMILES string of the molecule is [N-]=[N+]=NCCN1CCN(c2ccc(F)cc2)CC1. The zero-order valence-electron chi connectivity index (χ0n) is 10.2. The van der Waals surface area contributed by atoms with Crippen LogP contribution in [0.2, 0.25) is 0 Å². The minimum atomic E-state index is -0.202. The van der Waals surface area contributed by atoms with Gasteiger partial charge in [-0.05, 0) is 29.8 Å². The first-order valence-corrected chi connectivity index (χ1v) is 6.03. The molecule has 1 fully saturated rings. The van der Waals surface area contributed by atoms with Crippen molar-refractivity contribution in [1.29, 1.82) is 0 Å². The molecule has 0 aromatic heterocycles. The number of halogens is 1. The molecule has 1 aliphatic rings. The molecule has 1 heterocycles. The van der Waals surface area contributed by atoms with Crippen LogP contribution in [0.5, 0.6) is 0 Å². The molecule has 1 saturated heterocycles. The van der Waals surface area contributed by atoms with E-state index in [9.17, 15) is 4.39 Å². The Bertz CT molecular complexity index is 419. The van der Waals surface area contributed by atoms with Crippen molar-refractivity contribution < 1.29 is 4.39 Å². The Hall–Kier alpha value is -1.78. The number of anilines is 1. The molecule has 96 valence electrons. The Kier molecular flexibility index (Phi) is 4.39. The summed E-state index contributed by atoms with van der Waals surface area (Å²) in [6.45, 7) is 5.05. The molecule has 0 amide bonds. The molecule has 0 saturated carbocycles. The molecule has 1 aromatic rings. The highest BCUT2D eigenvalue weighted by Crippen LogP contribution is 2.16. The van der Waals surface area contributed by atoms with E-state index in [2.05, 4.69) is 19.8 Å². The van der Waals surface area contributed by atoms with Crippen molar-refractivity contribution in [2.75, 3.05) is 44.2 Å². The van der Waals surface area contributed by atoms with Crippen LogP contribution in [0, 0.1) is 5.82 Å². The fraction of sp³-hybridized carbons (Fsp3) is 0.500. The first-order chi connectivity index (χ1) is 8.79. The van der Waals surface area contributed by atoms with Crippen molar-refractivity contribution in [2.45, 2.75) is 0 Å². The highest BCUT2D eigenvalue weighted by Gasteiger charge is 2.16. The molecule has 18 heavy (non-hydrogen) atoms. The van der Waals surface area contributed by atoms with Gasteiger partial charge in [0.25, 0.3) is 0 Å². The average Bonchev–Trinajstić information content (AvgIpc) is 2.41. The average molecular weight is 249 g/mol. The van der Waals surface area contributed by atoms with Gasteiger partial charge in [0.1, 0.15) is 5.82 Å². The van der Waals surface area contributed by atoms with Gasteiger partial charge in [-0.15, -0.1) is 0 Å². The minimum Gasteiger partial charge on any atom is -0.369 e. The van der Waals surface area contributed by atoms with E-state index in [0.29, 0.717) is 6.54 Å². The largest absolute Gasteiger partial charge is 0.369 e. The van der Waals surface area contributed by atoms with Crippen LogP contribution in [0.3, 0.4) is 0 Å². The number of hydrogen-bond acceptors (Lipinski definition) is 3. The number of benzene rings is 1. The van der Waals surface area contributed by atoms with Gasteiger partial charge in [0.15, 0.2) is 0 Å². The quantitative estimate of drug-likeness (QED) is 0.467. The van der Waals surface area contributed by atoms with Gasteiger partial charge in [-0.2, -0.15) is 0 Å². The summed E-state index contributed by atoms with van der Waals surface area (Å²) in [5.41, 5.74) is 9.27. The van der Waals surface area contributed by atoms with Crippen LogP contribution < -0.4 is 4.90 Å². The lowest BCUT2D eigenvalue weighted by molar-refractivity contribution is 0.265. The van der Waals surface area contributed by atoms with E-state index in [1.807, 2.05) is 12.1 Å². The number of piperazine rings is 1. The number of rotatable bonds is 4. The minimum absolute atomic E-state index is 0.202. The monoisotopic (exact) mass is 249 g/mol. The standard InChI is InChI=1S/C12H16FN5/c13-11-1-3-12(4-2-11)18-9-7-17(8-10-18)6-5-15-16-14/h1-4H,5-10H2. The summed E-state index contributed by atoms with van der Waals surface area (Å²) in [6.07, 6.45) is 0. The van der Waals surface area contributed by atoms with Crippen LogP contribution in [0.1, 0.15) is 0 Å². The summed E-state index contributed by atoms with van der Waals surface area (Å²) in [7, 11) is 0. The van der Waals surface area contributed by atoms with Crippen LogP contribution in [0.25, 0.3) is 10.4 Å². The first-order valence-electron chi connectivity index (χ1n) is 6.03. The van der Waals surface area contributed by atoms with Crippen LogP contribution in [0.4, 0.5) is 10.1 Å². The fourth-order valence-electron chi connectivity index (χ4n) is 2.11. The van der Waals surface area contributed by atoms with E-state index in [1.54, 1.807) is 0 Å². The molecule has 0 atom stereocenters. The Morgan fingerprint density at radius 2 is 1.83 bits per heavy atom. The molecule has 0 aliphatic carbocycles. The predicted octanol–water partition coefficient (Wildman–Crippen LogP) is 2.26. The van der Waals surface area contributed by atoms with E-state index in [4.69, 9.17) is 5.53 Å². The molecule has 5 nitrogen and oxygen atoms in total. The first kappa shape index (κ1) is 12.7. The maximum absolute atomic E-state index is 12.8. The Morgan fingerprint density at radius 1 is 1.17 bits per heavy atom. The molecule has 0 spiro atoms. The molecular formula is C12H16FN5. The van der Waals surface area contributed by atoms with Crippen LogP contribution in [0.15, 0.2) is 29.4 Å². The van der Waals surface area contributed by atoms with Gasteiger partial charge < -0.3 is 4.90 Å². The summed E-state index contributed by atoms with van der Waals surface area (Å²) in [5, 5.41) is 3.54. The second kappa shape index (κ2) is 6.23. The number of azide groups is 1. The second-order valence-electron chi connectivity index (χ2n) is 4.26. The lowest BCUT2D eigenvalue weighted by Gasteiger charge is -2.35. The van der Waals surface area contributed by atoms with Crippen molar-refractivity contribution >= 4 is 5.69 Å². The van der Waals surface area contributed by atoms with Crippen LogP contribution in [-0.4, -0.2) is 44.2 Å². The van der Waals surface area contributed by atoms with Crippen molar-refractivity contribution in [2.24, 2.45) is 5.11 Å². The van der Waals surface area contributed by atoms with Crippen LogP contribution in [-0.2, 0) is 0 Å². The van der Waals surface area contributed by atoms with Gasteiger partial charge in [-0.1, -0.05) is 5.11 Å². The molecule has 1 aliphatic heterocycles. The smallest absolute Gasteiger partial charge is 0.123 e. The predicted molar refractivity (Wildman–Crippen MR) is 69.1 cm³/mol.